The zero-order valence-corrected chi connectivity index (χ0v) is 9.90. The zero-order valence-electron chi connectivity index (χ0n) is 9.09. The Morgan fingerprint density at radius 1 is 1.35 bits per heavy atom. The lowest BCUT2D eigenvalue weighted by molar-refractivity contribution is 0.249. The summed E-state index contributed by atoms with van der Waals surface area (Å²) in [5.41, 5.74) is 0.623. The molecule has 0 aliphatic carbocycles. The van der Waals surface area contributed by atoms with Gasteiger partial charge in [0.15, 0.2) is 9.84 Å². The molecule has 0 saturated carbocycles. The average Bonchev–Trinajstić information content (AvgIpc) is 2.59. The molecule has 0 spiro atoms. The molecule has 1 aliphatic heterocycles. The lowest BCUT2D eigenvalue weighted by atomic mass is 10.3. The van der Waals surface area contributed by atoms with Crippen LogP contribution in [0.25, 0.3) is 0 Å². The molecule has 6 nitrogen and oxygen atoms in total. The number of nitrogens with zero attached hydrogens (tertiary/aromatic N) is 1. The summed E-state index contributed by atoms with van der Waals surface area (Å²) in [6, 6.07) is 2.63. The van der Waals surface area contributed by atoms with Crippen molar-refractivity contribution in [2.45, 2.75) is 12.5 Å². The normalized spacial score (nSPS) is 22.0. The monoisotopic (exact) mass is 255 g/mol. The molecule has 0 unspecified atom stereocenters. The number of carbonyl (C=O) groups excluding carboxylic acids is 1. The second-order valence-corrected chi connectivity index (χ2v) is 6.16. The van der Waals surface area contributed by atoms with Gasteiger partial charge in [0.2, 0.25) is 0 Å². The SMILES string of the molecule is O=C(Nc1ccncc1)N[C@H]1CCS(=O)(=O)C1. The predicted octanol–water partition coefficient (Wildman–Crippen LogP) is 0.390. The minimum absolute atomic E-state index is 0.0246. The van der Waals surface area contributed by atoms with E-state index in [2.05, 4.69) is 15.6 Å². The van der Waals surface area contributed by atoms with E-state index < -0.39 is 15.9 Å². The number of hydrogen-bond donors (Lipinski definition) is 2. The number of hydrogen-bond acceptors (Lipinski definition) is 4. The van der Waals surface area contributed by atoms with Gasteiger partial charge in [-0.25, -0.2) is 13.2 Å². The van der Waals surface area contributed by atoms with Gasteiger partial charge in [0.05, 0.1) is 11.5 Å². The molecule has 2 amide bonds. The highest BCUT2D eigenvalue weighted by atomic mass is 32.2. The minimum atomic E-state index is -2.97. The van der Waals surface area contributed by atoms with Crippen molar-refractivity contribution in [3.8, 4) is 0 Å². The first-order chi connectivity index (χ1) is 8.05. The Hall–Kier alpha value is -1.63. The summed E-state index contributed by atoms with van der Waals surface area (Å²) in [5.74, 6) is 0.171. The molecular formula is C10H13N3O3S. The van der Waals surface area contributed by atoms with Crippen molar-refractivity contribution < 1.29 is 13.2 Å². The quantitative estimate of drug-likeness (QED) is 0.800. The van der Waals surface area contributed by atoms with E-state index in [1.807, 2.05) is 0 Å². The van der Waals surface area contributed by atoms with Crippen LogP contribution in [0.15, 0.2) is 24.5 Å². The Balaban J connectivity index is 1.87. The van der Waals surface area contributed by atoms with Crippen LogP contribution in [0.2, 0.25) is 0 Å². The summed E-state index contributed by atoms with van der Waals surface area (Å²) < 4.78 is 22.4. The van der Waals surface area contributed by atoms with E-state index in [0.29, 0.717) is 12.1 Å². The van der Waals surface area contributed by atoms with Gasteiger partial charge >= 0.3 is 6.03 Å². The van der Waals surface area contributed by atoms with Crippen molar-refractivity contribution in [2.24, 2.45) is 0 Å². The average molecular weight is 255 g/mol. The van der Waals surface area contributed by atoms with Gasteiger partial charge in [0.25, 0.3) is 0 Å². The number of sulfone groups is 1. The molecule has 0 aromatic carbocycles. The molecule has 7 heteroatoms. The molecule has 17 heavy (non-hydrogen) atoms. The molecule has 92 valence electrons. The first-order valence-corrected chi connectivity index (χ1v) is 7.05. The molecule has 1 fully saturated rings. The van der Waals surface area contributed by atoms with Crippen LogP contribution in [0, 0.1) is 0 Å². The van der Waals surface area contributed by atoms with Gasteiger partial charge < -0.3 is 10.6 Å². The van der Waals surface area contributed by atoms with Gasteiger partial charge in [0, 0.05) is 24.1 Å². The topological polar surface area (TPSA) is 88.2 Å². The van der Waals surface area contributed by atoms with Crippen LogP contribution in [0.4, 0.5) is 10.5 Å². The van der Waals surface area contributed by atoms with Crippen molar-refractivity contribution in [2.75, 3.05) is 16.8 Å². The van der Waals surface area contributed by atoms with Crippen LogP contribution < -0.4 is 10.6 Å². The van der Waals surface area contributed by atoms with E-state index in [1.165, 1.54) is 0 Å². The van der Waals surface area contributed by atoms with Gasteiger partial charge in [-0.05, 0) is 18.6 Å². The van der Waals surface area contributed by atoms with E-state index in [4.69, 9.17) is 0 Å². The van der Waals surface area contributed by atoms with Crippen LogP contribution in [-0.4, -0.2) is 37.0 Å². The van der Waals surface area contributed by atoms with Crippen molar-refractivity contribution >= 4 is 21.6 Å². The first-order valence-electron chi connectivity index (χ1n) is 5.23. The molecule has 2 N–H and O–H groups in total. The minimum Gasteiger partial charge on any atom is -0.334 e. The third-order valence-corrected chi connectivity index (χ3v) is 4.27. The Bertz CT molecular complexity index is 501. The molecule has 1 aromatic rings. The van der Waals surface area contributed by atoms with Crippen LogP contribution in [0.5, 0.6) is 0 Å². The number of aromatic nitrogens is 1. The van der Waals surface area contributed by atoms with E-state index in [0.717, 1.165) is 0 Å². The maximum absolute atomic E-state index is 11.5. The standard InChI is InChI=1S/C10H13N3O3S/c14-10(12-8-1-4-11-5-2-8)13-9-3-6-17(15,16)7-9/h1-2,4-5,9H,3,6-7H2,(H2,11,12,13,14)/t9-/m0/s1. The molecule has 1 atom stereocenters. The van der Waals surface area contributed by atoms with Crippen molar-refractivity contribution in [3.63, 3.8) is 0 Å². The molecule has 0 radical (unpaired) electrons. The summed E-state index contributed by atoms with van der Waals surface area (Å²) in [7, 11) is -2.97. The molecule has 1 aromatic heterocycles. The summed E-state index contributed by atoms with van der Waals surface area (Å²) in [4.78, 5) is 15.4. The number of pyridine rings is 1. The number of amides is 2. The molecular weight excluding hydrogens is 242 g/mol. The Kier molecular flexibility index (Phi) is 3.28. The molecule has 2 rings (SSSR count). The Labute approximate surface area is 99.4 Å². The fourth-order valence-corrected chi connectivity index (χ4v) is 3.37. The van der Waals surface area contributed by atoms with E-state index in [9.17, 15) is 13.2 Å². The number of anilines is 1. The van der Waals surface area contributed by atoms with Crippen LogP contribution in [0.3, 0.4) is 0 Å². The number of carbonyl (C=O) groups is 1. The first kappa shape index (κ1) is 11.8. The largest absolute Gasteiger partial charge is 0.334 e. The highest BCUT2D eigenvalue weighted by Gasteiger charge is 2.28. The summed E-state index contributed by atoms with van der Waals surface area (Å²) in [5, 5.41) is 5.24. The maximum Gasteiger partial charge on any atom is 0.319 e. The smallest absolute Gasteiger partial charge is 0.319 e. The zero-order chi connectivity index (χ0) is 12.3. The lowest BCUT2D eigenvalue weighted by Crippen LogP contribution is -2.38. The van der Waals surface area contributed by atoms with Gasteiger partial charge in [-0.3, -0.25) is 4.98 Å². The summed E-state index contributed by atoms with van der Waals surface area (Å²) in [6.07, 6.45) is 3.61. The molecule has 1 aliphatic rings. The number of rotatable bonds is 2. The summed E-state index contributed by atoms with van der Waals surface area (Å²) in [6.45, 7) is 0. The van der Waals surface area contributed by atoms with E-state index in [1.54, 1.807) is 24.5 Å². The van der Waals surface area contributed by atoms with Gasteiger partial charge in [-0.1, -0.05) is 0 Å². The lowest BCUT2D eigenvalue weighted by Gasteiger charge is -2.11. The fraction of sp³-hybridized carbons (Fsp3) is 0.400. The van der Waals surface area contributed by atoms with Crippen LogP contribution in [0.1, 0.15) is 6.42 Å². The number of nitrogens with one attached hydrogen (secondary N) is 2. The number of urea groups is 1. The molecule has 0 bridgehead atoms. The highest BCUT2D eigenvalue weighted by molar-refractivity contribution is 7.91. The van der Waals surface area contributed by atoms with Crippen LogP contribution >= 0.6 is 0 Å². The highest BCUT2D eigenvalue weighted by Crippen LogP contribution is 2.11. The third-order valence-electron chi connectivity index (χ3n) is 2.51. The molecule has 2 heterocycles. The van der Waals surface area contributed by atoms with E-state index in [-0.39, 0.29) is 17.5 Å². The second-order valence-electron chi connectivity index (χ2n) is 3.93. The van der Waals surface area contributed by atoms with Crippen molar-refractivity contribution in [3.05, 3.63) is 24.5 Å². The van der Waals surface area contributed by atoms with Gasteiger partial charge in [-0.15, -0.1) is 0 Å². The Morgan fingerprint density at radius 3 is 2.65 bits per heavy atom. The fourth-order valence-electron chi connectivity index (χ4n) is 1.70. The van der Waals surface area contributed by atoms with Gasteiger partial charge in [0.1, 0.15) is 0 Å². The van der Waals surface area contributed by atoms with Gasteiger partial charge in [-0.2, -0.15) is 0 Å². The summed E-state index contributed by atoms with van der Waals surface area (Å²) >= 11 is 0. The maximum atomic E-state index is 11.5. The van der Waals surface area contributed by atoms with Crippen molar-refractivity contribution in [1.82, 2.24) is 10.3 Å². The molecule has 1 saturated heterocycles. The predicted molar refractivity (Wildman–Crippen MR) is 63.5 cm³/mol. The van der Waals surface area contributed by atoms with Crippen LogP contribution in [-0.2, 0) is 9.84 Å². The van der Waals surface area contributed by atoms with Crippen molar-refractivity contribution in [1.29, 1.82) is 0 Å². The van der Waals surface area contributed by atoms with E-state index >= 15 is 0 Å². The second kappa shape index (κ2) is 4.70. The Morgan fingerprint density at radius 2 is 2.06 bits per heavy atom. The third kappa shape index (κ3) is 3.42.